The normalized spacial score (nSPS) is 20.5. The van der Waals surface area contributed by atoms with E-state index in [0.717, 1.165) is 0 Å². The highest BCUT2D eigenvalue weighted by Gasteiger charge is 2.25. The average molecular weight is 379 g/mol. The number of carbonyl (C=O) groups is 1. The van der Waals surface area contributed by atoms with E-state index in [1.165, 1.54) is 0 Å². The fourth-order valence-electron chi connectivity index (χ4n) is 2.55. The lowest BCUT2D eigenvalue weighted by molar-refractivity contribution is -0.156. The number of esters is 1. The molecule has 2 unspecified atom stereocenters. The van der Waals surface area contributed by atoms with E-state index in [4.69, 9.17) is 32.7 Å². The summed E-state index contributed by atoms with van der Waals surface area (Å²) in [5.41, 5.74) is 0.617. The highest BCUT2D eigenvalue weighted by atomic mass is 35.5. The van der Waals surface area contributed by atoms with E-state index in [2.05, 4.69) is 0 Å². The summed E-state index contributed by atoms with van der Waals surface area (Å²) < 4.78 is 11.1. The Kier molecular flexibility index (Phi) is 5.63. The molecule has 1 fully saturated rings. The maximum Gasteiger partial charge on any atom is 0.309 e. The van der Waals surface area contributed by atoms with Crippen molar-refractivity contribution in [1.29, 1.82) is 0 Å². The zero-order chi connectivity index (χ0) is 17.8. The van der Waals surface area contributed by atoms with Gasteiger partial charge in [-0.2, -0.15) is 0 Å². The molecule has 0 spiro atoms. The van der Waals surface area contributed by atoms with Crippen molar-refractivity contribution in [1.82, 2.24) is 0 Å². The Morgan fingerprint density at radius 3 is 2.68 bits per heavy atom. The van der Waals surface area contributed by atoms with Crippen molar-refractivity contribution in [3.05, 3.63) is 64.1 Å². The summed E-state index contributed by atoms with van der Waals surface area (Å²) in [6.07, 6.45) is 2.57. The minimum atomic E-state index is -0.698. The first-order valence-corrected chi connectivity index (χ1v) is 8.54. The molecule has 130 valence electrons. The Morgan fingerprint density at radius 2 is 1.96 bits per heavy atom. The SMILES string of the molecule is O=C1CC(O)CC(/C=C/c2c(Cl)cc(Cl)cc2Oc2ccccc2)O1. The number of para-hydroxylation sites is 1. The predicted molar refractivity (Wildman–Crippen MR) is 97.1 cm³/mol. The first-order chi connectivity index (χ1) is 12.0. The van der Waals surface area contributed by atoms with Crippen molar-refractivity contribution < 1.29 is 19.4 Å². The van der Waals surface area contributed by atoms with Gasteiger partial charge in [0.2, 0.25) is 0 Å². The molecule has 6 heteroatoms. The van der Waals surface area contributed by atoms with Crippen LogP contribution in [0.15, 0.2) is 48.5 Å². The molecule has 1 aliphatic rings. The Labute approximate surface area is 155 Å². The van der Waals surface area contributed by atoms with E-state index < -0.39 is 18.2 Å². The molecule has 0 saturated carbocycles. The van der Waals surface area contributed by atoms with E-state index in [-0.39, 0.29) is 6.42 Å². The summed E-state index contributed by atoms with van der Waals surface area (Å²) in [6, 6.07) is 12.5. The van der Waals surface area contributed by atoms with E-state index in [0.29, 0.717) is 33.5 Å². The monoisotopic (exact) mass is 378 g/mol. The van der Waals surface area contributed by atoms with Gasteiger partial charge in [0.25, 0.3) is 0 Å². The molecule has 4 nitrogen and oxygen atoms in total. The van der Waals surface area contributed by atoms with Crippen LogP contribution >= 0.6 is 23.2 Å². The summed E-state index contributed by atoms with van der Waals surface area (Å²) in [6.45, 7) is 0. The summed E-state index contributed by atoms with van der Waals surface area (Å²) in [5, 5.41) is 10.6. The second-order valence-corrected chi connectivity index (χ2v) is 6.54. The quantitative estimate of drug-likeness (QED) is 0.771. The first kappa shape index (κ1) is 17.8. The molecule has 1 saturated heterocycles. The van der Waals surface area contributed by atoms with Gasteiger partial charge in [-0.25, -0.2) is 0 Å². The largest absolute Gasteiger partial charge is 0.458 e. The number of benzene rings is 2. The van der Waals surface area contributed by atoms with E-state index in [1.54, 1.807) is 24.3 Å². The standard InChI is InChI=1S/C19H16Cl2O4/c20-12-8-17(21)16(7-6-15-10-13(22)11-19(23)25-15)18(9-12)24-14-4-2-1-3-5-14/h1-9,13,15,22H,10-11H2/b7-6+. The molecular weight excluding hydrogens is 363 g/mol. The van der Waals surface area contributed by atoms with Crippen LogP contribution < -0.4 is 4.74 Å². The Balaban J connectivity index is 1.87. The van der Waals surface area contributed by atoms with Crippen molar-refractivity contribution in [2.24, 2.45) is 0 Å². The Hall–Kier alpha value is -2.01. The lowest BCUT2D eigenvalue weighted by Crippen LogP contribution is -2.31. The first-order valence-electron chi connectivity index (χ1n) is 7.79. The number of hydrogen-bond acceptors (Lipinski definition) is 4. The van der Waals surface area contributed by atoms with Gasteiger partial charge in [0.05, 0.1) is 17.5 Å². The number of rotatable bonds is 4. The Morgan fingerprint density at radius 1 is 1.20 bits per heavy atom. The maximum absolute atomic E-state index is 11.4. The second kappa shape index (κ2) is 7.91. The van der Waals surface area contributed by atoms with Gasteiger partial charge in [-0.3, -0.25) is 4.79 Å². The molecule has 2 aromatic carbocycles. The predicted octanol–water partition coefficient (Wildman–Crippen LogP) is 4.87. The number of ether oxygens (including phenoxy) is 2. The molecule has 25 heavy (non-hydrogen) atoms. The van der Waals surface area contributed by atoms with Crippen molar-refractivity contribution in [2.75, 3.05) is 0 Å². The highest BCUT2D eigenvalue weighted by molar-refractivity contribution is 6.35. The third-order valence-electron chi connectivity index (χ3n) is 3.69. The molecule has 0 bridgehead atoms. The smallest absolute Gasteiger partial charge is 0.309 e. The topological polar surface area (TPSA) is 55.8 Å². The molecule has 1 heterocycles. The van der Waals surface area contributed by atoms with Gasteiger partial charge in [-0.05, 0) is 24.3 Å². The molecule has 0 aromatic heterocycles. The van der Waals surface area contributed by atoms with Crippen molar-refractivity contribution in [3.63, 3.8) is 0 Å². The van der Waals surface area contributed by atoms with Crippen molar-refractivity contribution in [3.8, 4) is 11.5 Å². The van der Waals surface area contributed by atoms with Crippen LogP contribution in [0.1, 0.15) is 18.4 Å². The number of aliphatic hydroxyl groups excluding tert-OH is 1. The lowest BCUT2D eigenvalue weighted by Gasteiger charge is -2.23. The number of carbonyl (C=O) groups excluding carboxylic acids is 1. The van der Waals surface area contributed by atoms with Crippen LogP contribution in [0.25, 0.3) is 6.08 Å². The van der Waals surface area contributed by atoms with Gasteiger partial charge in [0.1, 0.15) is 17.6 Å². The fraction of sp³-hybridized carbons (Fsp3) is 0.211. The molecule has 3 rings (SSSR count). The molecule has 2 aromatic rings. The van der Waals surface area contributed by atoms with Gasteiger partial charge in [-0.15, -0.1) is 0 Å². The summed E-state index contributed by atoms with van der Waals surface area (Å²) in [7, 11) is 0. The van der Waals surface area contributed by atoms with Gasteiger partial charge < -0.3 is 14.6 Å². The van der Waals surface area contributed by atoms with Gasteiger partial charge >= 0.3 is 5.97 Å². The maximum atomic E-state index is 11.4. The van der Waals surface area contributed by atoms with Crippen molar-refractivity contribution >= 4 is 35.2 Å². The van der Waals surface area contributed by atoms with E-state index >= 15 is 0 Å². The van der Waals surface area contributed by atoms with Gasteiger partial charge in [-0.1, -0.05) is 47.5 Å². The number of cyclic esters (lactones) is 1. The molecule has 0 radical (unpaired) electrons. The molecule has 0 amide bonds. The van der Waals surface area contributed by atoms with E-state index in [9.17, 15) is 9.90 Å². The molecular formula is C19H16Cl2O4. The number of aliphatic hydroxyl groups is 1. The Bertz CT molecular complexity index is 790. The third kappa shape index (κ3) is 4.75. The van der Waals surface area contributed by atoms with Gasteiger partial charge in [0.15, 0.2) is 0 Å². The number of hydrogen-bond donors (Lipinski definition) is 1. The second-order valence-electron chi connectivity index (χ2n) is 5.70. The molecule has 0 aliphatic carbocycles. The highest BCUT2D eigenvalue weighted by Crippen LogP contribution is 2.35. The average Bonchev–Trinajstić information content (AvgIpc) is 2.54. The van der Waals surface area contributed by atoms with Crippen LogP contribution in [0.4, 0.5) is 0 Å². The summed E-state index contributed by atoms with van der Waals surface area (Å²) in [5.74, 6) is 0.717. The lowest BCUT2D eigenvalue weighted by atomic mass is 10.0. The zero-order valence-corrected chi connectivity index (χ0v) is 14.7. The van der Waals surface area contributed by atoms with Crippen LogP contribution in [0.2, 0.25) is 10.0 Å². The minimum absolute atomic E-state index is 0.0222. The van der Waals surface area contributed by atoms with Crippen LogP contribution in [0, 0.1) is 0 Å². The molecule has 2 atom stereocenters. The molecule has 1 aliphatic heterocycles. The van der Waals surface area contributed by atoms with Crippen LogP contribution in [0.5, 0.6) is 11.5 Å². The summed E-state index contributed by atoms with van der Waals surface area (Å²) >= 11 is 12.4. The minimum Gasteiger partial charge on any atom is -0.458 e. The third-order valence-corrected chi connectivity index (χ3v) is 4.23. The zero-order valence-electron chi connectivity index (χ0n) is 13.2. The summed E-state index contributed by atoms with van der Waals surface area (Å²) in [4.78, 5) is 11.4. The van der Waals surface area contributed by atoms with E-state index in [1.807, 2.05) is 30.3 Å². The number of halogens is 2. The van der Waals surface area contributed by atoms with Crippen LogP contribution in [-0.2, 0) is 9.53 Å². The van der Waals surface area contributed by atoms with Gasteiger partial charge in [0, 0.05) is 23.1 Å². The van der Waals surface area contributed by atoms with Crippen LogP contribution in [0.3, 0.4) is 0 Å². The van der Waals surface area contributed by atoms with Crippen LogP contribution in [-0.4, -0.2) is 23.3 Å². The van der Waals surface area contributed by atoms with Crippen molar-refractivity contribution in [2.45, 2.75) is 25.0 Å². The molecule has 1 N–H and O–H groups in total. The fourth-order valence-corrected chi connectivity index (χ4v) is 3.09.